The molecule has 0 aliphatic rings. The molecule has 0 bridgehead atoms. The summed E-state index contributed by atoms with van der Waals surface area (Å²) in [6.07, 6.45) is 1.72. The summed E-state index contributed by atoms with van der Waals surface area (Å²) in [5.41, 5.74) is 3.42. The monoisotopic (exact) mass is 261 g/mol. The molecule has 0 aliphatic heterocycles. The van der Waals surface area contributed by atoms with Gasteiger partial charge in [-0.15, -0.1) is 11.3 Å². The first-order valence-electron chi connectivity index (χ1n) is 5.65. The van der Waals surface area contributed by atoms with Gasteiger partial charge in [0.2, 0.25) is 0 Å². The molecule has 0 spiro atoms. The second-order valence-electron chi connectivity index (χ2n) is 4.25. The minimum absolute atomic E-state index is 0.318. The van der Waals surface area contributed by atoms with Crippen LogP contribution in [0.15, 0.2) is 18.3 Å². The highest BCUT2D eigenvalue weighted by molar-refractivity contribution is 7.15. The van der Waals surface area contributed by atoms with Gasteiger partial charge in [0.15, 0.2) is 0 Å². The van der Waals surface area contributed by atoms with Crippen molar-refractivity contribution in [1.82, 2.24) is 4.98 Å². The summed E-state index contributed by atoms with van der Waals surface area (Å²) in [5.74, 6) is -0.318. The van der Waals surface area contributed by atoms with Gasteiger partial charge in [-0.2, -0.15) is 0 Å². The smallest absolute Gasteiger partial charge is 0.338 e. The van der Waals surface area contributed by atoms with E-state index in [1.807, 2.05) is 6.92 Å². The van der Waals surface area contributed by atoms with E-state index in [1.165, 1.54) is 17.6 Å². The Morgan fingerprint density at radius 1 is 1.22 bits per heavy atom. The number of methoxy groups -OCH3 is 1. The van der Waals surface area contributed by atoms with Crippen molar-refractivity contribution in [2.24, 2.45) is 0 Å². The number of nitrogens with zero attached hydrogens (tertiary/aromatic N) is 1. The molecule has 0 unspecified atom stereocenters. The molecule has 0 saturated heterocycles. The summed E-state index contributed by atoms with van der Waals surface area (Å²) in [6, 6.07) is 3.93. The summed E-state index contributed by atoms with van der Waals surface area (Å²) in [7, 11) is 1.39. The second-order valence-corrected chi connectivity index (χ2v) is 5.50. The van der Waals surface area contributed by atoms with Crippen LogP contribution in [0, 0.1) is 20.8 Å². The fourth-order valence-corrected chi connectivity index (χ4v) is 2.87. The zero-order chi connectivity index (χ0) is 13.3. The number of carbonyl (C=O) groups is 1. The fourth-order valence-electron chi connectivity index (χ4n) is 1.87. The van der Waals surface area contributed by atoms with Crippen LogP contribution >= 0.6 is 11.3 Å². The van der Waals surface area contributed by atoms with Crippen molar-refractivity contribution >= 4 is 17.3 Å². The Morgan fingerprint density at radius 2 is 1.94 bits per heavy atom. The standard InChI is InChI=1S/C14H15NO2S/c1-8-5-10(3)18-13(8)12-6-11(14(16)17-4)9(2)7-15-12/h5-7H,1-4H3. The summed E-state index contributed by atoms with van der Waals surface area (Å²) in [4.78, 5) is 18.4. The van der Waals surface area contributed by atoms with E-state index in [1.54, 1.807) is 23.6 Å². The molecule has 0 amide bonds. The van der Waals surface area contributed by atoms with E-state index >= 15 is 0 Å². The van der Waals surface area contributed by atoms with Crippen LogP contribution in [0.5, 0.6) is 0 Å². The highest BCUT2D eigenvalue weighted by Gasteiger charge is 2.14. The van der Waals surface area contributed by atoms with Crippen LogP contribution in [0.25, 0.3) is 10.6 Å². The summed E-state index contributed by atoms with van der Waals surface area (Å²) in [5, 5.41) is 0. The normalized spacial score (nSPS) is 10.4. The molecule has 0 saturated carbocycles. The highest BCUT2D eigenvalue weighted by atomic mass is 32.1. The topological polar surface area (TPSA) is 39.2 Å². The van der Waals surface area contributed by atoms with Gasteiger partial charge in [0.25, 0.3) is 0 Å². The SMILES string of the molecule is COC(=O)c1cc(-c2sc(C)cc2C)ncc1C. The maximum Gasteiger partial charge on any atom is 0.338 e. The maximum absolute atomic E-state index is 11.7. The van der Waals surface area contributed by atoms with E-state index in [-0.39, 0.29) is 5.97 Å². The molecule has 0 atom stereocenters. The average Bonchev–Trinajstić information content (AvgIpc) is 2.68. The van der Waals surface area contributed by atoms with Crippen LogP contribution in [0.4, 0.5) is 0 Å². The zero-order valence-electron chi connectivity index (χ0n) is 10.9. The van der Waals surface area contributed by atoms with Crippen molar-refractivity contribution in [1.29, 1.82) is 0 Å². The van der Waals surface area contributed by atoms with Crippen LogP contribution in [-0.2, 0) is 4.74 Å². The summed E-state index contributed by atoms with van der Waals surface area (Å²) in [6.45, 7) is 5.98. The number of carbonyl (C=O) groups excluding carboxylic acids is 1. The van der Waals surface area contributed by atoms with E-state index in [9.17, 15) is 4.79 Å². The van der Waals surface area contributed by atoms with Crippen molar-refractivity contribution in [3.05, 3.63) is 39.9 Å². The molecule has 0 radical (unpaired) electrons. The van der Waals surface area contributed by atoms with E-state index in [0.717, 1.165) is 16.1 Å². The molecule has 2 rings (SSSR count). The Labute approximate surface area is 110 Å². The predicted molar refractivity (Wildman–Crippen MR) is 73.1 cm³/mol. The van der Waals surface area contributed by atoms with Crippen LogP contribution in [0.1, 0.15) is 26.4 Å². The number of hydrogen-bond acceptors (Lipinski definition) is 4. The number of ether oxygens (including phenoxy) is 1. The van der Waals surface area contributed by atoms with Gasteiger partial charge in [0.05, 0.1) is 23.2 Å². The van der Waals surface area contributed by atoms with Crippen molar-refractivity contribution in [3.63, 3.8) is 0 Å². The Balaban J connectivity index is 2.53. The molecule has 94 valence electrons. The number of aryl methyl sites for hydroxylation is 3. The molecule has 4 heteroatoms. The van der Waals surface area contributed by atoms with Gasteiger partial charge < -0.3 is 4.74 Å². The minimum Gasteiger partial charge on any atom is -0.465 e. The zero-order valence-corrected chi connectivity index (χ0v) is 11.7. The molecule has 3 nitrogen and oxygen atoms in total. The number of pyridine rings is 1. The van der Waals surface area contributed by atoms with E-state index in [4.69, 9.17) is 4.74 Å². The van der Waals surface area contributed by atoms with Gasteiger partial charge >= 0.3 is 5.97 Å². The Kier molecular flexibility index (Phi) is 3.48. The lowest BCUT2D eigenvalue weighted by atomic mass is 10.1. The van der Waals surface area contributed by atoms with Gasteiger partial charge in [-0.3, -0.25) is 4.98 Å². The third-order valence-corrected chi connectivity index (χ3v) is 3.96. The molecule has 0 aromatic carbocycles. The van der Waals surface area contributed by atoms with Crippen molar-refractivity contribution in [3.8, 4) is 10.6 Å². The number of esters is 1. The third-order valence-electron chi connectivity index (χ3n) is 2.78. The van der Waals surface area contributed by atoms with E-state index in [0.29, 0.717) is 5.56 Å². The van der Waals surface area contributed by atoms with Crippen LogP contribution in [0.3, 0.4) is 0 Å². The molecule has 18 heavy (non-hydrogen) atoms. The first-order valence-corrected chi connectivity index (χ1v) is 6.47. The first kappa shape index (κ1) is 12.8. The second kappa shape index (κ2) is 4.90. The number of rotatable bonds is 2. The van der Waals surface area contributed by atoms with E-state index < -0.39 is 0 Å². The van der Waals surface area contributed by atoms with Gasteiger partial charge in [-0.25, -0.2) is 4.79 Å². The molecular weight excluding hydrogens is 246 g/mol. The van der Waals surface area contributed by atoms with Gasteiger partial charge in [0.1, 0.15) is 0 Å². The average molecular weight is 261 g/mol. The minimum atomic E-state index is -0.318. The first-order chi connectivity index (χ1) is 8.52. The quantitative estimate of drug-likeness (QED) is 0.776. The van der Waals surface area contributed by atoms with Crippen LogP contribution in [-0.4, -0.2) is 18.1 Å². The lowest BCUT2D eigenvalue weighted by molar-refractivity contribution is 0.0600. The molecule has 0 fully saturated rings. The maximum atomic E-state index is 11.7. The predicted octanol–water partition coefficient (Wildman–Crippen LogP) is 3.52. The summed E-state index contributed by atoms with van der Waals surface area (Å²) >= 11 is 1.69. The molecule has 2 aromatic heterocycles. The fraction of sp³-hybridized carbons (Fsp3) is 0.286. The largest absolute Gasteiger partial charge is 0.465 e. The Morgan fingerprint density at radius 3 is 2.50 bits per heavy atom. The highest BCUT2D eigenvalue weighted by Crippen LogP contribution is 2.31. The summed E-state index contributed by atoms with van der Waals surface area (Å²) < 4.78 is 4.78. The van der Waals surface area contributed by atoms with Crippen LogP contribution < -0.4 is 0 Å². The van der Waals surface area contributed by atoms with Crippen LogP contribution in [0.2, 0.25) is 0 Å². The Hall–Kier alpha value is -1.68. The third kappa shape index (κ3) is 2.29. The Bertz CT molecular complexity index is 602. The van der Waals surface area contributed by atoms with Gasteiger partial charge in [-0.05, 0) is 44.0 Å². The lowest BCUT2D eigenvalue weighted by Gasteiger charge is -2.06. The van der Waals surface area contributed by atoms with E-state index in [2.05, 4.69) is 24.9 Å². The number of hydrogen-bond donors (Lipinski definition) is 0. The van der Waals surface area contributed by atoms with Gasteiger partial charge in [-0.1, -0.05) is 0 Å². The van der Waals surface area contributed by atoms with Crippen molar-refractivity contribution in [2.45, 2.75) is 20.8 Å². The van der Waals surface area contributed by atoms with Crippen molar-refractivity contribution < 1.29 is 9.53 Å². The molecule has 0 aliphatic carbocycles. The molecular formula is C14H15NO2S. The molecule has 0 N–H and O–H groups in total. The van der Waals surface area contributed by atoms with Crippen molar-refractivity contribution in [2.75, 3.05) is 7.11 Å². The molecule has 2 heterocycles. The number of thiophene rings is 1. The van der Waals surface area contributed by atoms with Gasteiger partial charge in [0, 0.05) is 11.1 Å². The molecule has 2 aromatic rings. The number of aromatic nitrogens is 1. The lowest BCUT2D eigenvalue weighted by Crippen LogP contribution is -2.04.